The Morgan fingerprint density at radius 3 is 2.24 bits per heavy atom. The summed E-state index contributed by atoms with van der Waals surface area (Å²) in [5, 5.41) is 2.88. The minimum absolute atomic E-state index is 0.0577. The van der Waals surface area contributed by atoms with Crippen molar-refractivity contribution < 1.29 is 19.1 Å². The summed E-state index contributed by atoms with van der Waals surface area (Å²) in [6.07, 6.45) is 0.115. The molecule has 2 unspecified atom stereocenters. The lowest BCUT2D eigenvalue weighted by Crippen LogP contribution is -2.62. The van der Waals surface area contributed by atoms with Gasteiger partial charge in [0.05, 0.1) is 24.9 Å². The summed E-state index contributed by atoms with van der Waals surface area (Å²) in [5.41, 5.74) is 1.10. The molecule has 2 saturated heterocycles. The maximum Gasteiger partial charge on any atom is 0.337 e. The third-order valence-electron chi connectivity index (χ3n) is 4.68. The van der Waals surface area contributed by atoms with Gasteiger partial charge in [0.15, 0.2) is 0 Å². The number of ether oxygens (including phenoxy) is 2. The van der Waals surface area contributed by atoms with Gasteiger partial charge in [0, 0.05) is 37.9 Å². The molecule has 7 nitrogen and oxygen atoms in total. The SMILES string of the molecule is COC(=O)c1ccc(NC(=O)N2CC3CN(C(C)C)CC(C2)O3)cc1. The molecular formula is C18H25N3O4. The first-order chi connectivity index (χ1) is 12.0. The zero-order chi connectivity index (χ0) is 18.0. The van der Waals surface area contributed by atoms with Crippen LogP contribution in [0.25, 0.3) is 0 Å². The molecule has 2 heterocycles. The normalized spacial score (nSPS) is 23.4. The van der Waals surface area contributed by atoms with E-state index < -0.39 is 5.97 Å². The molecule has 2 bridgehead atoms. The Labute approximate surface area is 147 Å². The van der Waals surface area contributed by atoms with Crippen LogP contribution in [0.3, 0.4) is 0 Å². The molecular weight excluding hydrogens is 322 g/mol. The molecule has 0 radical (unpaired) electrons. The Bertz CT molecular complexity index is 618. The van der Waals surface area contributed by atoms with Gasteiger partial charge in [0.2, 0.25) is 0 Å². The third-order valence-corrected chi connectivity index (χ3v) is 4.68. The van der Waals surface area contributed by atoms with Crippen molar-refractivity contribution in [2.24, 2.45) is 0 Å². The smallest absolute Gasteiger partial charge is 0.337 e. The van der Waals surface area contributed by atoms with Crippen LogP contribution in [-0.4, -0.2) is 73.3 Å². The summed E-state index contributed by atoms with van der Waals surface area (Å²) in [4.78, 5) is 28.2. The number of nitrogens with zero attached hydrogens (tertiary/aromatic N) is 2. The molecule has 0 aromatic heterocycles. The number of benzene rings is 1. The molecule has 2 atom stereocenters. The lowest BCUT2D eigenvalue weighted by atomic mass is 10.1. The zero-order valence-corrected chi connectivity index (χ0v) is 14.9. The Kier molecular flexibility index (Phi) is 5.24. The van der Waals surface area contributed by atoms with E-state index in [2.05, 4.69) is 28.8 Å². The molecule has 2 fully saturated rings. The number of nitrogens with one attached hydrogen (secondary N) is 1. The maximum absolute atomic E-state index is 12.5. The number of anilines is 1. The Balaban J connectivity index is 1.58. The number of morpholine rings is 2. The van der Waals surface area contributed by atoms with E-state index in [1.54, 1.807) is 24.3 Å². The fourth-order valence-corrected chi connectivity index (χ4v) is 3.32. The number of rotatable bonds is 3. The van der Waals surface area contributed by atoms with E-state index in [-0.39, 0.29) is 18.2 Å². The largest absolute Gasteiger partial charge is 0.465 e. The number of carbonyl (C=O) groups excluding carboxylic acids is 2. The van der Waals surface area contributed by atoms with E-state index in [0.717, 1.165) is 13.1 Å². The van der Waals surface area contributed by atoms with Gasteiger partial charge in [-0.25, -0.2) is 9.59 Å². The fourth-order valence-electron chi connectivity index (χ4n) is 3.32. The molecule has 0 aliphatic carbocycles. The average Bonchev–Trinajstić information content (AvgIpc) is 2.60. The van der Waals surface area contributed by atoms with Gasteiger partial charge in [-0.3, -0.25) is 4.90 Å². The van der Waals surface area contributed by atoms with Gasteiger partial charge in [-0.2, -0.15) is 0 Å². The van der Waals surface area contributed by atoms with Crippen LogP contribution in [0.4, 0.5) is 10.5 Å². The molecule has 2 aliphatic rings. The van der Waals surface area contributed by atoms with Gasteiger partial charge in [0.25, 0.3) is 0 Å². The highest BCUT2D eigenvalue weighted by Gasteiger charge is 2.37. The molecule has 25 heavy (non-hydrogen) atoms. The van der Waals surface area contributed by atoms with E-state index in [1.807, 2.05) is 4.90 Å². The quantitative estimate of drug-likeness (QED) is 0.844. The van der Waals surface area contributed by atoms with Crippen LogP contribution in [-0.2, 0) is 9.47 Å². The molecule has 1 aromatic carbocycles. The van der Waals surface area contributed by atoms with E-state index in [0.29, 0.717) is 30.4 Å². The Morgan fingerprint density at radius 1 is 1.12 bits per heavy atom. The van der Waals surface area contributed by atoms with Gasteiger partial charge in [-0.05, 0) is 38.1 Å². The van der Waals surface area contributed by atoms with E-state index in [1.165, 1.54) is 7.11 Å². The van der Waals surface area contributed by atoms with E-state index in [9.17, 15) is 9.59 Å². The van der Waals surface area contributed by atoms with Crippen LogP contribution in [0, 0.1) is 0 Å². The number of carbonyl (C=O) groups is 2. The first kappa shape index (κ1) is 17.7. The van der Waals surface area contributed by atoms with Gasteiger partial charge in [-0.1, -0.05) is 0 Å². The standard InChI is InChI=1S/C18H25N3O4/c1-12(2)20-8-15-10-21(11-16(9-20)25-15)18(23)19-14-6-4-13(5-7-14)17(22)24-3/h4-7,12,15-16H,8-11H2,1-3H3,(H,19,23). The molecule has 2 amide bonds. The summed E-state index contributed by atoms with van der Waals surface area (Å²) in [6.45, 7) is 7.25. The van der Waals surface area contributed by atoms with Crippen molar-refractivity contribution in [3.63, 3.8) is 0 Å². The molecule has 2 aliphatic heterocycles. The number of amides is 2. The lowest BCUT2D eigenvalue weighted by molar-refractivity contribution is -0.133. The van der Waals surface area contributed by atoms with Gasteiger partial charge in [-0.15, -0.1) is 0 Å². The van der Waals surface area contributed by atoms with Crippen LogP contribution in [0.1, 0.15) is 24.2 Å². The van der Waals surface area contributed by atoms with Crippen molar-refractivity contribution in [2.75, 3.05) is 38.6 Å². The monoisotopic (exact) mass is 347 g/mol. The van der Waals surface area contributed by atoms with Crippen molar-refractivity contribution in [3.05, 3.63) is 29.8 Å². The summed E-state index contributed by atoms with van der Waals surface area (Å²) in [5.74, 6) is -0.395. The molecule has 7 heteroatoms. The number of hydrogen-bond donors (Lipinski definition) is 1. The van der Waals surface area contributed by atoms with Crippen molar-refractivity contribution >= 4 is 17.7 Å². The number of esters is 1. The van der Waals surface area contributed by atoms with Gasteiger partial charge in [0.1, 0.15) is 0 Å². The highest BCUT2D eigenvalue weighted by molar-refractivity contribution is 5.92. The average molecular weight is 347 g/mol. The molecule has 0 saturated carbocycles. The molecule has 136 valence electrons. The Hall–Kier alpha value is -2.12. The number of urea groups is 1. The van der Waals surface area contributed by atoms with Crippen LogP contribution >= 0.6 is 0 Å². The summed E-state index contributed by atoms with van der Waals surface area (Å²) in [7, 11) is 1.34. The van der Waals surface area contributed by atoms with Crippen LogP contribution in [0.15, 0.2) is 24.3 Å². The van der Waals surface area contributed by atoms with E-state index in [4.69, 9.17) is 4.74 Å². The topological polar surface area (TPSA) is 71.1 Å². The third kappa shape index (κ3) is 4.11. The van der Waals surface area contributed by atoms with Crippen LogP contribution in [0.2, 0.25) is 0 Å². The second-order valence-electron chi connectivity index (χ2n) is 6.83. The lowest BCUT2D eigenvalue weighted by Gasteiger charge is -2.46. The van der Waals surface area contributed by atoms with Crippen molar-refractivity contribution in [2.45, 2.75) is 32.1 Å². The number of fused-ring (bicyclic) bond motifs is 2. The zero-order valence-electron chi connectivity index (χ0n) is 14.9. The van der Waals surface area contributed by atoms with E-state index >= 15 is 0 Å². The van der Waals surface area contributed by atoms with Gasteiger partial charge >= 0.3 is 12.0 Å². The first-order valence-corrected chi connectivity index (χ1v) is 8.60. The van der Waals surface area contributed by atoms with Crippen LogP contribution in [0.5, 0.6) is 0 Å². The van der Waals surface area contributed by atoms with Crippen LogP contribution < -0.4 is 5.32 Å². The Morgan fingerprint density at radius 2 is 1.72 bits per heavy atom. The van der Waals surface area contributed by atoms with Gasteiger partial charge < -0.3 is 19.7 Å². The maximum atomic E-state index is 12.5. The minimum Gasteiger partial charge on any atom is -0.465 e. The molecule has 1 aromatic rings. The summed E-state index contributed by atoms with van der Waals surface area (Å²) < 4.78 is 10.6. The number of methoxy groups -OCH3 is 1. The second kappa shape index (κ2) is 7.41. The highest BCUT2D eigenvalue weighted by atomic mass is 16.5. The molecule has 1 N–H and O–H groups in total. The molecule has 0 spiro atoms. The van der Waals surface area contributed by atoms with Crippen molar-refractivity contribution in [1.82, 2.24) is 9.80 Å². The number of hydrogen-bond acceptors (Lipinski definition) is 5. The van der Waals surface area contributed by atoms with Crippen molar-refractivity contribution in [1.29, 1.82) is 0 Å². The highest BCUT2D eigenvalue weighted by Crippen LogP contribution is 2.21. The fraction of sp³-hybridized carbons (Fsp3) is 0.556. The molecule has 3 rings (SSSR count). The first-order valence-electron chi connectivity index (χ1n) is 8.60. The second-order valence-corrected chi connectivity index (χ2v) is 6.83. The summed E-state index contributed by atoms with van der Waals surface area (Å²) in [6, 6.07) is 7.02. The minimum atomic E-state index is -0.395. The predicted octanol–water partition coefficient (Wildman–Crippen LogP) is 1.80. The summed E-state index contributed by atoms with van der Waals surface area (Å²) >= 11 is 0. The van der Waals surface area contributed by atoms with Crippen molar-refractivity contribution in [3.8, 4) is 0 Å². The predicted molar refractivity (Wildman–Crippen MR) is 93.7 cm³/mol.